The molecular weight excluding hydrogens is 246 g/mol. The van der Waals surface area contributed by atoms with Crippen molar-refractivity contribution in [2.24, 2.45) is 5.41 Å². The average Bonchev–Trinajstić information content (AvgIpc) is 3.20. The molecule has 1 aromatic carbocycles. The van der Waals surface area contributed by atoms with Crippen molar-refractivity contribution in [3.05, 3.63) is 23.8 Å². The number of carbonyl (C=O) groups is 2. The summed E-state index contributed by atoms with van der Waals surface area (Å²) in [6, 6.07) is 4.99. The maximum Gasteiger partial charge on any atom is 0.265 e. The monoisotopic (exact) mass is 261 g/mol. The van der Waals surface area contributed by atoms with E-state index in [1.807, 2.05) is 0 Å². The van der Waals surface area contributed by atoms with Crippen LogP contribution in [0.2, 0.25) is 0 Å². The lowest BCUT2D eigenvalue weighted by Gasteiger charge is -2.24. The number of fused-ring (bicyclic) bond motifs is 1. The number of aliphatic hydroxyl groups excluding tert-OH is 1. The zero-order valence-electron chi connectivity index (χ0n) is 10.6. The molecule has 1 amide bonds. The fraction of sp³-hybridized carbons (Fsp3) is 0.429. The number of benzene rings is 1. The number of carbonyl (C=O) groups excluding carboxylic acids is 2. The van der Waals surface area contributed by atoms with Crippen molar-refractivity contribution in [2.75, 3.05) is 11.9 Å². The van der Waals surface area contributed by atoms with Gasteiger partial charge in [-0.05, 0) is 38.0 Å². The Kier molecular flexibility index (Phi) is 2.60. The number of amides is 1. The molecule has 0 radical (unpaired) electrons. The molecule has 100 valence electrons. The molecule has 1 aliphatic heterocycles. The molecule has 5 nitrogen and oxygen atoms in total. The molecule has 1 heterocycles. The summed E-state index contributed by atoms with van der Waals surface area (Å²) in [6.45, 7) is 1.55. The highest BCUT2D eigenvalue weighted by Gasteiger charge is 2.49. The highest BCUT2D eigenvalue weighted by Crippen LogP contribution is 2.48. The van der Waals surface area contributed by atoms with Crippen LogP contribution in [-0.2, 0) is 4.79 Å². The molecule has 2 N–H and O–H groups in total. The Morgan fingerprint density at radius 1 is 1.53 bits per heavy atom. The van der Waals surface area contributed by atoms with Gasteiger partial charge in [0.15, 0.2) is 11.9 Å². The third-order valence-electron chi connectivity index (χ3n) is 3.81. The number of Topliss-reactive ketones (excluding diaryl/α,β-unsaturated/α-hetero) is 1. The van der Waals surface area contributed by atoms with E-state index in [0.717, 1.165) is 12.8 Å². The van der Waals surface area contributed by atoms with E-state index in [1.165, 1.54) is 0 Å². The van der Waals surface area contributed by atoms with E-state index in [-0.39, 0.29) is 18.3 Å². The number of hydrogen-bond acceptors (Lipinski definition) is 4. The second-order valence-corrected chi connectivity index (χ2v) is 5.23. The number of nitrogens with one attached hydrogen (secondary N) is 1. The first-order valence-electron chi connectivity index (χ1n) is 6.33. The number of anilines is 1. The molecule has 0 bridgehead atoms. The van der Waals surface area contributed by atoms with Gasteiger partial charge in [0.2, 0.25) is 0 Å². The summed E-state index contributed by atoms with van der Waals surface area (Å²) in [7, 11) is 0. The van der Waals surface area contributed by atoms with Crippen molar-refractivity contribution >= 4 is 17.4 Å². The van der Waals surface area contributed by atoms with E-state index in [4.69, 9.17) is 4.74 Å². The molecule has 1 saturated carbocycles. The molecule has 1 aliphatic carbocycles. The zero-order valence-corrected chi connectivity index (χ0v) is 10.6. The van der Waals surface area contributed by atoms with Gasteiger partial charge >= 0.3 is 0 Å². The van der Waals surface area contributed by atoms with E-state index in [2.05, 4.69) is 5.32 Å². The summed E-state index contributed by atoms with van der Waals surface area (Å²) in [5.74, 6) is 0.281. The van der Waals surface area contributed by atoms with E-state index in [1.54, 1.807) is 25.1 Å². The third-order valence-corrected chi connectivity index (χ3v) is 3.81. The van der Waals surface area contributed by atoms with Crippen LogP contribution in [0.3, 0.4) is 0 Å². The lowest BCUT2D eigenvalue weighted by atomic mass is 9.95. The second-order valence-electron chi connectivity index (χ2n) is 5.23. The Balaban J connectivity index is 1.92. The van der Waals surface area contributed by atoms with Crippen molar-refractivity contribution in [3.8, 4) is 5.75 Å². The summed E-state index contributed by atoms with van der Waals surface area (Å²) in [6.07, 6.45) is 0.916. The Bertz CT molecular complexity index is 563. The van der Waals surface area contributed by atoms with Gasteiger partial charge in [-0.2, -0.15) is 0 Å². The van der Waals surface area contributed by atoms with Gasteiger partial charge in [-0.3, -0.25) is 9.59 Å². The quantitative estimate of drug-likeness (QED) is 0.806. The van der Waals surface area contributed by atoms with Gasteiger partial charge in [-0.15, -0.1) is 0 Å². The normalized spacial score (nSPS) is 23.1. The van der Waals surface area contributed by atoms with Gasteiger partial charge < -0.3 is 15.2 Å². The summed E-state index contributed by atoms with van der Waals surface area (Å²) >= 11 is 0. The van der Waals surface area contributed by atoms with Crippen molar-refractivity contribution in [2.45, 2.75) is 25.9 Å². The van der Waals surface area contributed by atoms with Crippen LogP contribution in [0.1, 0.15) is 30.1 Å². The fourth-order valence-electron chi connectivity index (χ4n) is 2.26. The predicted molar refractivity (Wildman–Crippen MR) is 68.2 cm³/mol. The standard InChI is InChI=1S/C14H15NO4/c1-8-13(18)15-10-6-9(2-3-11(10)19-8)12(17)14(7-16)4-5-14/h2-3,6,8,16H,4-5,7H2,1H3,(H,15,18). The van der Waals surface area contributed by atoms with E-state index in [0.29, 0.717) is 17.0 Å². The van der Waals surface area contributed by atoms with Gasteiger partial charge in [0.25, 0.3) is 5.91 Å². The number of rotatable bonds is 3. The molecule has 0 saturated heterocycles. The van der Waals surface area contributed by atoms with Crippen molar-refractivity contribution in [3.63, 3.8) is 0 Å². The fourth-order valence-corrected chi connectivity index (χ4v) is 2.26. The first kappa shape index (κ1) is 12.2. The van der Waals surface area contributed by atoms with E-state index in [9.17, 15) is 14.7 Å². The van der Waals surface area contributed by atoms with Gasteiger partial charge in [0, 0.05) is 5.56 Å². The number of hydrogen-bond donors (Lipinski definition) is 2. The van der Waals surface area contributed by atoms with Crippen LogP contribution in [0.5, 0.6) is 5.75 Å². The van der Waals surface area contributed by atoms with Crippen molar-refractivity contribution in [1.29, 1.82) is 0 Å². The van der Waals surface area contributed by atoms with Gasteiger partial charge in [-0.1, -0.05) is 0 Å². The molecule has 2 aliphatic rings. The minimum absolute atomic E-state index is 0.0642. The van der Waals surface area contributed by atoms with Crippen LogP contribution in [0.15, 0.2) is 18.2 Å². The second kappa shape index (κ2) is 4.06. The molecule has 1 atom stereocenters. The molecular formula is C14H15NO4. The minimum Gasteiger partial charge on any atom is -0.479 e. The van der Waals surface area contributed by atoms with Gasteiger partial charge in [0.05, 0.1) is 17.7 Å². The maximum atomic E-state index is 12.3. The van der Waals surface area contributed by atoms with Crippen LogP contribution >= 0.6 is 0 Å². The third kappa shape index (κ3) is 1.90. The lowest BCUT2D eigenvalue weighted by Crippen LogP contribution is -2.34. The smallest absolute Gasteiger partial charge is 0.265 e. The highest BCUT2D eigenvalue weighted by atomic mass is 16.5. The van der Waals surface area contributed by atoms with Crippen LogP contribution < -0.4 is 10.1 Å². The summed E-state index contributed by atoms with van der Waals surface area (Å²) in [5.41, 5.74) is 0.424. The summed E-state index contributed by atoms with van der Waals surface area (Å²) in [5, 5.41) is 12.0. The molecule has 0 spiro atoms. The number of ether oxygens (including phenoxy) is 1. The number of ketones is 1. The molecule has 1 unspecified atom stereocenters. The Morgan fingerprint density at radius 2 is 2.26 bits per heavy atom. The van der Waals surface area contributed by atoms with Crippen LogP contribution in [0.4, 0.5) is 5.69 Å². The Hall–Kier alpha value is -1.88. The topological polar surface area (TPSA) is 75.6 Å². The SMILES string of the molecule is CC1Oc2ccc(C(=O)C3(CO)CC3)cc2NC1=O. The summed E-state index contributed by atoms with van der Waals surface area (Å²) in [4.78, 5) is 23.8. The maximum absolute atomic E-state index is 12.3. The van der Waals surface area contributed by atoms with Gasteiger partial charge in [0.1, 0.15) is 5.75 Å². The van der Waals surface area contributed by atoms with Crippen LogP contribution in [0, 0.1) is 5.41 Å². The molecule has 3 rings (SSSR count). The average molecular weight is 261 g/mol. The first-order chi connectivity index (χ1) is 9.05. The van der Waals surface area contributed by atoms with Gasteiger partial charge in [-0.25, -0.2) is 0 Å². The summed E-state index contributed by atoms with van der Waals surface area (Å²) < 4.78 is 5.43. The van der Waals surface area contributed by atoms with E-state index >= 15 is 0 Å². The van der Waals surface area contributed by atoms with Crippen molar-refractivity contribution in [1.82, 2.24) is 0 Å². The van der Waals surface area contributed by atoms with Crippen LogP contribution in [-0.4, -0.2) is 29.5 Å². The largest absolute Gasteiger partial charge is 0.479 e. The molecule has 19 heavy (non-hydrogen) atoms. The highest BCUT2D eigenvalue weighted by molar-refractivity contribution is 6.05. The molecule has 1 fully saturated rings. The molecule has 1 aromatic rings. The van der Waals surface area contributed by atoms with E-state index < -0.39 is 11.5 Å². The van der Waals surface area contributed by atoms with Crippen molar-refractivity contribution < 1.29 is 19.4 Å². The molecule has 0 aromatic heterocycles. The number of aliphatic hydroxyl groups is 1. The Morgan fingerprint density at radius 3 is 2.89 bits per heavy atom. The zero-order chi connectivity index (χ0) is 13.6. The minimum atomic E-state index is -0.596. The van der Waals surface area contributed by atoms with Crippen LogP contribution in [0.25, 0.3) is 0 Å². The lowest BCUT2D eigenvalue weighted by molar-refractivity contribution is -0.122. The molecule has 5 heteroatoms. The first-order valence-corrected chi connectivity index (χ1v) is 6.33. The predicted octanol–water partition coefficient (Wildman–Crippen LogP) is 1.36. The Labute approximate surface area is 110 Å².